The summed E-state index contributed by atoms with van der Waals surface area (Å²) in [6.07, 6.45) is 5.67. The average Bonchev–Trinajstić information content (AvgIpc) is 2.39. The second kappa shape index (κ2) is 8.81. The molecule has 0 heterocycles. The molecule has 0 aromatic heterocycles. The van der Waals surface area contributed by atoms with Gasteiger partial charge in [-0.1, -0.05) is 26.2 Å². The van der Waals surface area contributed by atoms with Crippen LogP contribution in [0.25, 0.3) is 0 Å². The second-order valence-electron chi connectivity index (χ2n) is 5.06. The summed E-state index contributed by atoms with van der Waals surface area (Å²) in [5.74, 6) is 1.79. The highest BCUT2D eigenvalue weighted by atomic mass is 16.5. The minimum atomic E-state index is 0.120. The van der Waals surface area contributed by atoms with Crippen molar-refractivity contribution in [2.45, 2.75) is 52.0 Å². The summed E-state index contributed by atoms with van der Waals surface area (Å²) in [6.45, 7) is 4.99. The molecule has 0 saturated heterocycles. The first-order chi connectivity index (χ1) is 9.17. The second-order valence-corrected chi connectivity index (χ2v) is 5.06. The van der Waals surface area contributed by atoms with E-state index in [4.69, 9.17) is 15.2 Å². The van der Waals surface area contributed by atoms with E-state index in [9.17, 15) is 0 Å². The zero-order valence-electron chi connectivity index (χ0n) is 12.4. The molecule has 0 aliphatic carbocycles. The molecular weight excluding hydrogens is 238 g/mol. The van der Waals surface area contributed by atoms with Gasteiger partial charge in [-0.05, 0) is 43.5 Å². The Morgan fingerprint density at radius 1 is 1.21 bits per heavy atom. The van der Waals surface area contributed by atoms with Crippen molar-refractivity contribution in [1.82, 2.24) is 0 Å². The van der Waals surface area contributed by atoms with Crippen LogP contribution in [0.5, 0.6) is 11.5 Å². The van der Waals surface area contributed by atoms with E-state index in [0.29, 0.717) is 0 Å². The minimum Gasteiger partial charge on any atom is -0.497 e. The van der Waals surface area contributed by atoms with Gasteiger partial charge in [-0.2, -0.15) is 0 Å². The van der Waals surface area contributed by atoms with Gasteiger partial charge < -0.3 is 15.2 Å². The third-order valence-corrected chi connectivity index (χ3v) is 3.06. The van der Waals surface area contributed by atoms with Crippen molar-refractivity contribution in [1.29, 1.82) is 0 Å². The summed E-state index contributed by atoms with van der Waals surface area (Å²) < 4.78 is 11.1. The van der Waals surface area contributed by atoms with Crippen LogP contribution in [0.1, 0.15) is 45.1 Å². The molecule has 2 N–H and O–H groups in total. The van der Waals surface area contributed by atoms with Gasteiger partial charge in [0.2, 0.25) is 0 Å². The Morgan fingerprint density at radius 2 is 2.00 bits per heavy atom. The van der Waals surface area contributed by atoms with Crippen LogP contribution in [0.4, 0.5) is 0 Å². The molecule has 0 spiro atoms. The van der Waals surface area contributed by atoms with Gasteiger partial charge in [-0.3, -0.25) is 0 Å². The van der Waals surface area contributed by atoms with Crippen LogP contribution in [-0.2, 0) is 6.42 Å². The number of rotatable bonds is 9. The van der Waals surface area contributed by atoms with Gasteiger partial charge in [0, 0.05) is 6.04 Å². The van der Waals surface area contributed by atoms with Gasteiger partial charge in [0.05, 0.1) is 13.7 Å². The molecule has 0 aliphatic rings. The molecule has 3 nitrogen and oxygen atoms in total. The molecule has 1 aromatic rings. The van der Waals surface area contributed by atoms with E-state index in [1.54, 1.807) is 7.11 Å². The van der Waals surface area contributed by atoms with E-state index in [1.807, 2.05) is 25.1 Å². The number of ether oxygens (including phenoxy) is 2. The summed E-state index contributed by atoms with van der Waals surface area (Å²) in [5.41, 5.74) is 7.01. The van der Waals surface area contributed by atoms with Crippen LogP contribution in [0.15, 0.2) is 18.2 Å². The average molecular weight is 265 g/mol. The Morgan fingerprint density at radius 3 is 2.63 bits per heavy atom. The predicted octanol–water partition coefficient (Wildman–Crippen LogP) is 3.54. The Labute approximate surface area is 117 Å². The molecule has 19 heavy (non-hydrogen) atoms. The van der Waals surface area contributed by atoms with Crippen molar-refractivity contribution in [2.24, 2.45) is 5.73 Å². The van der Waals surface area contributed by atoms with Crippen LogP contribution in [0.2, 0.25) is 0 Å². The highest BCUT2D eigenvalue weighted by Crippen LogP contribution is 2.25. The standard InChI is InChI=1S/C16H27NO2/c1-4-5-6-7-10-19-16-9-8-15(18-3)12-14(16)11-13(2)17/h8-9,12-13H,4-7,10-11,17H2,1-3H3. The quantitative estimate of drug-likeness (QED) is 0.694. The van der Waals surface area contributed by atoms with E-state index >= 15 is 0 Å². The molecule has 0 saturated carbocycles. The molecule has 1 unspecified atom stereocenters. The third kappa shape index (κ3) is 5.97. The Hall–Kier alpha value is -1.22. The maximum atomic E-state index is 5.88. The topological polar surface area (TPSA) is 44.5 Å². The van der Waals surface area contributed by atoms with Gasteiger partial charge in [0.25, 0.3) is 0 Å². The van der Waals surface area contributed by atoms with Crippen molar-refractivity contribution >= 4 is 0 Å². The van der Waals surface area contributed by atoms with Gasteiger partial charge in [-0.25, -0.2) is 0 Å². The number of hydrogen-bond donors (Lipinski definition) is 1. The Kier molecular flexibility index (Phi) is 7.34. The van der Waals surface area contributed by atoms with Crippen molar-refractivity contribution in [2.75, 3.05) is 13.7 Å². The molecule has 0 amide bonds. The SMILES string of the molecule is CCCCCCOc1ccc(OC)cc1CC(C)N. The molecule has 0 radical (unpaired) electrons. The summed E-state index contributed by atoms with van der Waals surface area (Å²) in [7, 11) is 1.68. The zero-order valence-corrected chi connectivity index (χ0v) is 12.4. The highest BCUT2D eigenvalue weighted by molar-refractivity contribution is 5.40. The third-order valence-electron chi connectivity index (χ3n) is 3.06. The molecule has 0 aliphatic heterocycles. The first-order valence-corrected chi connectivity index (χ1v) is 7.22. The van der Waals surface area contributed by atoms with Crippen LogP contribution in [0, 0.1) is 0 Å². The van der Waals surface area contributed by atoms with Crippen LogP contribution in [-0.4, -0.2) is 19.8 Å². The number of hydrogen-bond acceptors (Lipinski definition) is 3. The van der Waals surface area contributed by atoms with Crippen LogP contribution in [0.3, 0.4) is 0 Å². The molecule has 1 aromatic carbocycles. The van der Waals surface area contributed by atoms with Gasteiger partial charge in [0.15, 0.2) is 0 Å². The largest absolute Gasteiger partial charge is 0.497 e. The number of unbranched alkanes of at least 4 members (excludes halogenated alkanes) is 3. The highest BCUT2D eigenvalue weighted by Gasteiger charge is 2.08. The maximum Gasteiger partial charge on any atom is 0.122 e. The smallest absolute Gasteiger partial charge is 0.122 e. The Balaban J connectivity index is 2.59. The fraction of sp³-hybridized carbons (Fsp3) is 0.625. The van der Waals surface area contributed by atoms with Crippen molar-refractivity contribution in [3.63, 3.8) is 0 Å². The van der Waals surface area contributed by atoms with E-state index in [0.717, 1.165) is 36.5 Å². The molecule has 1 rings (SSSR count). The molecule has 108 valence electrons. The fourth-order valence-electron chi connectivity index (χ4n) is 2.04. The lowest BCUT2D eigenvalue weighted by Crippen LogP contribution is -2.18. The Bertz CT molecular complexity index is 364. The van der Waals surface area contributed by atoms with Gasteiger partial charge in [0.1, 0.15) is 11.5 Å². The molecular formula is C16H27NO2. The zero-order chi connectivity index (χ0) is 14.1. The van der Waals surface area contributed by atoms with E-state index < -0.39 is 0 Å². The van der Waals surface area contributed by atoms with E-state index in [-0.39, 0.29) is 6.04 Å². The first kappa shape index (κ1) is 15.8. The summed E-state index contributed by atoms with van der Waals surface area (Å²) >= 11 is 0. The molecule has 0 bridgehead atoms. The lowest BCUT2D eigenvalue weighted by Gasteiger charge is -2.14. The predicted molar refractivity (Wildman–Crippen MR) is 80.0 cm³/mol. The summed E-state index contributed by atoms with van der Waals surface area (Å²) in [4.78, 5) is 0. The minimum absolute atomic E-state index is 0.120. The fourth-order valence-corrected chi connectivity index (χ4v) is 2.04. The van der Waals surface area contributed by atoms with Gasteiger partial charge >= 0.3 is 0 Å². The normalized spacial score (nSPS) is 12.2. The first-order valence-electron chi connectivity index (χ1n) is 7.22. The lowest BCUT2D eigenvalue weighted by molar-refractivity contribution is 0.300. The van der Waals surface area contributed by atoms with Crippen molar-refractivity contribution < 1.29 is 9.47 Å². The monoisotopic (exact) mass is 265 g/mol. The molecule has 3 heteroatoms. The molecule has 1 atom stereocenters. The van der Waals surface area contributed by atoms with E-state index in [2.05, 4.69) is 6.92 Å². The van der Waals surface area contributed by atoms with Crippen LogP contribution < -0.4 is 15.2 Å². The summed E-state index contributed by atoms with van der Waals surface area (Å²) in [6, 6.07) is 6.06. The van der Waals surface area contributed by atoms with Crippen molar-refractivity contribution in [3.05, 3.63) is 23.8 Å². The molecule has 0 fully saturated rings. The van der Waals surface area contributed by atoms with Crippen molar-refractivity contribution in [3.8, 4) is 11.5 Å². The maximum absolute atomic E-state index is 5.88. The van der Waals surface area contributed by atoms with E-state index in [1.165, 1.54) is 19.3 Å². The summed E-state index contributed by atoms with van der Waals surface area (Å²) in [5, 5.41) is 0. The van der Waals surface area contributed by atoms with Gasteiger partial charge in [-0.15, -0.1) is 0 Å². The number of benzene rings is 1. The number of nitrogens with two attached hydrogens (primary N) is 1. The number of methoxy groups -OCH3 is 1. The lowest BCUT2D eigenvalue weighted by atomic mass is 10.1. The van der Waals surface area contributed by atoms with Crippen LogP contribution >= 0.6 is 0 Å².